The highest BCUT2D eigenvalue weighted by molar-refractivity contribution is 5.46. The van der Waals surface area contributed by atoms with Gasteiger partial charge in [-0.25, -0.2) is 4.98 Å². The van der Waals surface area contributed by atoms with Gasteiger partial charge in [0.2, 0.25) is 5.95 Å². The molecule has 1 aromatic heterocycles. The molecule has 3 heterocycles. The molecule has 0 bridgehead atoms. The van der Waals surface area contributed by atoms with Crippen LogP contribution in [-0.4, -0.2) is 60.7 Å². The minimum Gasteiger partial charge on any atom is -0.356 e. The minimum atomic E-state index is 0.781. The van der Waals surface area contributed by atoms with Crippen molar-refractivity contribution in [1.82, 2.24) is 14.9 Å². The maximum absolute atomic E-state index is 4.96. The largest absolute Gasteiger partial charge is 0.356 e. The van der Waals surface area contributed by atoms with E-state index in [2.05, 4.69) is 64.9 Å². The SMILES string of the molecule is CCN1CCN(c2nc(C)cc(N3CCC(Cc4ccccc4)CC3)n2)CC1. The Bertz CT molecular complexity index is 747. The first-order valence-electron chi connectivity index (χ1n) is 10.8. The number of aryl methyl sites for hydroxylation is 1. The van der Waals surface area contributed by atoms with Gasteiger partial charge in [-0.1, -0.05) is 37.3 Å². The lowest BCUT2D eigenvalue weighted by Crippen LogP contribution is -2.47. The molecule has 0 amide bonds. The number of rotatable bonds is 5. The molecule has 150 valence electrons. The second-order valence-electron chi connectivity index (χ2n) is 8.21. The number of likely N-dealkylation sites (N-methyl/N-ethyl adjacent to an activating group) is 1. The lowest BCUT2D eigenvalue weighted by atomic mass is 9.90. The van der Waals surface area contributed by atoms with Gasteiger partial charge >= 0.3 is 0 Å². The lowest BCUT2D eigenvalue weighted by molar-refractivity contribution is 0.270. The van der Waals surface area contributed by atoms with Crippen LogP contribution in [0, 0.1) is 12.8 Å². The van der Waals surface area contributed by atoms with E-state index in [1.807, 2.05) is 0 Å². The fourth-order valence-electron chi connectivity index (χ4n) is 4.42. The molecule has 0 saturated carbocycles. The molecule has 0 radical (unpaired) electrons. The first-order chi connectivity index (χ1) is 13.7. The second kappa shape index (κ2) is 8.91. The van der Waals surface area contributed by atoms with Crippen molar-refractivity contribution >= 4 is 11.8 Å². The van der Waals surface area contributed by atoms with E-state index >= 15 is 0 Å². The van der Waals surface area contributed by atoms with Crippen LogP contribution >= 0.6 is 0 Å². The highest BCUT2D eigenvalue weighted by Crippen LogP contribution is 2.26. The van der Waals surface area contributed by atoms with E-state index in [0.717, 1.165) is 69.2 Å². The van der Waals surface area contributed by atoms with Gasteiger partial charge in [0.25, 0.3) is 0 Å². The quantitative estimate of drug-likeness (QED) is 0.796. The molecule has 0 spiro atoms. The van der Waals surface area contributed by atoms with Crippen molar-refractivity contribution in [3.8, 4) is 0 Å². The predicted octanol–water partition coefficient (Wildman–Crippen LogP) is 3.39. The van der Waals surface area contributed by atoms with Gasteiger partial charge in [-0.2, -0.15) is 4.98 Å². The van der Waals surface area contributed by atoms with E-state index in [1.54, 1.807) is 0 Å². The van der Waals surface area contributed by atoms with Gasteiger partial charge in [0.05, 0.1) is 0 Å². The topological polar surface area (TPSA) is 35.5 Å². The molecule has 2 aromatic rings. The summed E-state index contributed by atoms with van der Waals surface area (Å²) in [5.74, 6) is 2.80. The van der Waals surface area contributed by atoms with Crippen molar-refractivity contribution in [2.75, 3.05) is 55.6 Å². The van der Waals surface area contributed by atoms with Crippen molar-refractivity contribution in [3.05, 3.63) is 47.7 Å². The molecule has 2 aliphatic heterocycles. The summed E-state index contributed by atoms with van der Waals surface area (Å²) in [5, 5.41) is 0. The molecular formula is C23H33N5. The van der Waals surface area contributed by atoms with Crippen molar-refractivity contribution in [1.29, 1.82) is 0 Å². The van der Waals surface area contributed by atoms with Crippen molar-refractivity contribution in [3.63, 3.8) is 0 Å². The zero-order valence-corrected chi connectivity index (χ0v) is 17.3. The molecule has 2 fully saturated rings. The summed E-state index contributed by atoms with van der Waals surface area (Å²) in [6.07, 6.45) is 3.68. The third kappa shape index (κ3) is 4.64. The van der Waals surface area contributed by atoms with E-state index < -0.39 is 0 Å². The van der Waals surface area contributed by atoms with Crippen LogP contribution in [0.3, 0.4) is 0 Å². The molecule has 0 atom stereocenters. The fraction of sp³-hybridized carbons (Fsp3) is 0.565. The lowest BCUT2D eigenvalue weighted by Gasteiger charge is -2.36. The highest BCUT2D eigenvalue weighted by atomic mass is 15.3. The number of nitrogens with zero attached hydrogens (tertiary/aromatic N) is 5. The summed E-state index contributed by atoms with van der Waals surface area (Å²) < 4.78 is 0. The van der Waals surface area contributed by atoms with Gasteiger partial charge in [-0.15, -0.1) is 0 Å². The summed E-state index contributed by atoms with van der Waals surface area (Å²) in [7, 11) is 0. The molecular weight excluding hydrogens is 346 g/mol. The number of piperazine rings is 1. The number of piperidine rings is 1. The summed E-state index contributed by atoms with van der Waals surface area (Å²) in [6.45, 7) is 11.9. The maximum Gasteiger partial charge on any atom is 0.227 e. The monoisotopic (exact) mass is 379 g/mol. The Labute approximate surface area is 169 Å². The summed E-state index contributed by atoms with van der Waals surface area (Å²) in [5.41, 5.74) is 2.54. The molecule has 28 heavy (non-hydrogen) atoms. The van der Waals surface area contributed by atoms with E-state index in [-0.39, 0.29) is 0 Å². The van der Waals surface area contributed by atoms with Crippen LogP contribution < -0.4 is 9.80 Å². The molecule has 0 aliphatic carbocycles. The van der Waals surface area contributed by atoms with Crippen LogP contribution in [0.15, 0.2) is 36.4 Å². The normalized spacial score (nSPS) is 19.2. The number of anilines is 2. The van der Waals surface area contributed by atoms with Crippen molar-refractivity contribution < 1.29 is 0 Å². The number of hydrogen-bond donors (Lipinski definition) is 0. The van der Waals surface area contributed by atoms with Gasteiger partial charge in [-0.3, -0.25) is 0 Å². The third-order valence-corrected chi connectivity index (χ3v) is 6.24. The van der Waals surface area contributed by atoms with E-state index in [9.17, 15) is 0 Å². The van der Waals surface area contributed by atoms with Crippen LogP contribution in [0.1, 0.15) is 31.0 Å². The highest BCUT2D eigenvalue weighted by Gasteiger charge is 2.23. The van der Waals surface area contributed by atoms with Gasteiger partial charge in [-0.05, 0) is 44.2 Å². The van der Waals surface area contributed by atoms with Gasteiger partial charge in [0.15, 0.2) is 0 Å². The summed E-state index contributed by atoms with van der Waals surface area (Å²) in [4.78, 5) is 17.0. The maximum atomic E-state index is 4.96. The second-order valence-corrected chi connectivity index (χ2v) is 8.21. The summed E-state index contributed by atoms with van der Waals surface area (Å²) in [6, 6.07) is 13.1. The molecule has 2 aliphatic rings. The molecule has 0 N–H and O–H groups in total. The summed E-state index contributed by atoms with van der Waals surface area (Å²) >= 11 is 0. The Morgan fingerprint density at radius 2 is 1.61 bits per heavy atom. The van der Waals surface area contributed by atoms with Gasteiger partial charge < -0.3 is 14.7 Å². The Balaban J connectivity index is 1.38. The zero-order valence-electron chi connectivity index (χ0n) is 17.3. The van der Waals surface area contributed by atoms with E-state index in [1.165, 1.54) is 24.8 Å². The molecule has 4 rings (SSSR count). The number of hydrogen-bond acceptors (Lipinski definition) is 5. The number of aromatic nitrogens is 2. The predicted molar refractivity (Wildman–Crippen MR) is 116 cm³/mol. The number of benzene rings is 1. The van der Waals surface area contributed by atoms with Crippen LogP contribution in [0.25, 0.3) is 0 Å². The molecule has 2 saturated heterocycles. The van der Waals surface area contributed by atoms with Crippen LogP contribution in [0.2, 0.25) is 0 Å². The van der Waals surface area contributed by atoms with Crippen LogP contribution in [0.5, 0.6) is 0 Å². The first kappa shape index (κ1) is 19.2. The standard InChI is InChI=1S/C23H33N5/c1-3-26-13-15-28(16-14-26)23-24-19(2)17-22(25-23)27-11-9-21(10-12-27)18-20-7-5-4-6-8-20/h4-8,17,21H,3,9-16,18H2,1-2H3. The van der Waals surface area contributed by atoms with Crippen molar-refractivity contribution in [2.24, 2.45) is 5.92 Å². The Morgan fingerprint density at radius 1 is 0.893 bits per heavy atom. The van der Waals surface area contributed by atoms with E-state index in [4.69, 9.17) is 9.97 Å². The molecule has 0 unspecified atom stereocenters. The molecule has 1 aromatic carbocycles. The van der Waals surface area contributed by atoms with Crippen LogP contribution in [0.4, 0.5) is 11.8 Å². The molecule has 5 nitrogen and oxygen atoms in total. The zero-order chi connectivity index (χ0) is 19.3. The molecule has 5 heteroatoms. The Hall–Kier alpha value is -2.14. The van der Waals surface area contributed by atoms with Crippen LogP contribution in [-0.2, 0) is 6.42 Å². The Morgan fingerprint density at radius 3 is 2.29 bits per heavy atom. The van der Waals surface area contributed by atoms with Gasteiger partial charge in [0, 0.05) is 51.0 Å². The van der Waals surface area contributed by atoms with Crippen molar-refractivity contribution in [2.45, 2.75) is 33.1 Å². The average Bonchev–Trinajstić information content (AvgIpc) is 2.75. The van der Waals surface area contributed by atoms with Gasteiger partial charge in [0.1, 0.15) is 5.82 Å². The Kier molecular flexibility index (Phi) is 6.10. The smallest absolute Gasteiger partial charge is 0.227 e. The van der Waals surface area contributed by atoms with E-state index in [0.29, 0.717) is 0 Å². The average molecular weight is 380 g/mol. The fourth-order valence-corrected chi connectivity index (χ4v) is 4.42. The first-order valence-corrected chi connectivity index (χ1v) is 10.8. The minimum absolute atomic E-state index is 0.781. The third-order valence-electron chi connectivity index (χ3n) is 6.24.